The first-order valence-corrected chi connectivity index (χ1v) is 6.78. The third kappa shape index (κ3) is 2.29. The van der Waals surface area contributed by atoms with Crippen molar-refractivity contribution in [3.05, 3.63) is 71.3 Å². The summed E-state index contributed by atoms with van der Waals surface area (Å²) >= 11 is 0. The van der Waals surface area contributed by atoms with Crippen LogP contribution in [0.5, 0.6) is 0 Å². The van der Waals surface area contributed by atoms with Crippen molar-refractivity contribution in [1.82, 2.24) is 4.90 Å². The lowest BCUT2D eigenvalue weighted by Crippen LogP contribution is -2.35. The van der Waals surface area contributed by atoms with Crippen LogP contribution in [0.3, 0.4) is 0 Å². The summed E-state index contributed by atoms with van der Waals surface area (Å²) in [5.74, 6) is 0. The highest BCUT2D eigenvalue weighted by molar-refractivity contribution is 5.35. The third-order valence-electron chi connectivity index (χ3n) is 4.02. The van der Waals surface area contributed by atoms with Crippen molar-refractivity contribution in [2.24, 2.45) is 0 Å². The van der Waals surface area contributed by atoms with E-state index in [-0.39, 0.29) is 6.04 Å². The van der Waals surface area contributed by atoms with Gasteiger partial charge in [-0.2, -0.15) is 0 Å². The molecule has 2 aromatic rings. The van der Waals surface area contributed by atoms with E-state index < -0.39 is 6.10 Å². The Labute approximate surface area is 114 Å². The van der Waals surface area contributed by atoms with Crippen LogP contribution >= 0.6 is 0 Å². The molecule has 2 heteroatoms. The van der Waals surface area contributed by atoms with Crippen molar-refractivity contribution in [2.75, 3.05) is 13.6 Å². The van der Waals surface area contributed by atoms with Gasteiger partial charge in [-0.15, -0.1) is 0 Å². The molecular formula is C17H19NO. The number of hydrogen-bond donors (Lipinski definition) is 1. The molecule has 0 saturated carbocycles. The molecule has 19 heavy (non-hydrogen) atoms. The number of fused-ring (bicyclic) bond motifs is 1. The Kier molecular flexibility index (Phi) is 3.36. The summed E-state index contributed by atoms with van der Waals surface area (Å²) in [6.45, 7) is 0.992. The SMILES string of the molecule is CN1CCc2ccccc2[C@@H]1[C@@H](O)c1ccccc1. The zero-order valence-corrected chi connectivity index (χ0v) is 11.2. The summed E-state index contributed by atoms with van der Waals surface area (Å²) < 4.78 is 0. The number of nitrogens with zero attached hydrogens (tertiary/aromatic N) is 1. The van der Waals surface area contributed by atoms with Crippen LogP contribution in [0.15, 0.2) is 54.6 Å². The normalized spacial score (nSPS) is 20.8. The predicted molar refractivity (Wildman–Crippen MR) is 76.9 cm³/mol. The van der Waals surface area contributed by atoms with Crippen molar-refractivity contribution in [3.8, 4) is 0 Å². The average Bonchev–Trinajstić information content (AvgIpc) is 2.47. The summed E-state index contributed by atoms with van der Waals surface area (Å²) in [7, 11) is 2.09. The Bertz CT molecular complexity index is 552. The lowest BCUT2D eigenvalue weighted by atomic mass is 9.87. The standard InChI is InChI=1S/C17H19NO/c1-18-12-11-13-7-5-6-10-15(13)16(18)17(19)14-8-3-2-4-9-14/h2-10,16-17,19H,11-12H2,1H3/t16-,17+/m1/s1. The maximum Gasteiger partial charge on any atom is 0.0986 e. The average molecular weight is 253 g/mol. The van der Waals surface area contributed by atoms with Gasteiger partial charge in [-0.3, -0.25) is 4.90 Å². The summed E-state index contributed by atoms with van der Waals surface area (Å²) in [5.41, 5.74) is 3.60. The van der Waals surface area contributed by atoms with Crippen LogP contribution in [0.4, 0.5) is 0 Å². The molecule has 1 N–H and O–H groups in total. The minimum absolute atomic E-state index is 0.0485. The molecule has 1 aliphatic rings. The number of rotatable bonds is 2. The van der Waals surface area contributed by atoms with E-state index >= 15 is 0 Å². The lowest BCUT2D eigenvalue weighted by molar-refractivity contribution is 0.0560. The summed E-state index contributed by atoms with van der Waals surface area (Å²) in [6, 6.07) is 18.4. The van der Waals surface area contributed by atoms with Crippen LogP contribution in [0.25, 0.3) is 0 Å². The number of hydrogen-bond acceptors (Lipinski definition) is 2. The van der Waals surface area contributed by atoms with Crippen molar-refractivity contribution < 1.29 is 5.11 Å². The van der Waals surface area contributed by atoms with Gasteiger partial charge in [-0.25, -0.2) is 0 Å². The van der Waals surface area contributed by atoms with Crippen LogP contribution in [0.1, 0.15) is 28.8 Å². The number of aliphatic hydroxyl groups is 1. The maximum atomic E-state index is 10.7. The van der Waals surface area contributed by atoms with E-state index in [0.717, 1.165) is 18.5 Å². The molecule has 1 heterocycles. The molecule has 0 unspecified atom stereocenters. The lowest BCUT2D eigenvalue weighted by Gasteiger charge is -2.37. The fourth-order valence-electron chi connectivity index (χ4n) is 2.97. The fourth-order valence-corrected chi connectivity index (χ4v) is 2.97. The molecule has 0 amide bonds. The molecule has 0 aliphatic carbocycles. The van der Waals surface area contributed by atoms with E-state index in [1.807, 2.05) is 30.3 Å². The van der Waals surface area contributed by atoms with Gasteiger partial charge in [0.05, 0.1) is 12.1 Å². The van der Waals surface area contributed by atoms with Gasteiger partial charge in [0, 0.05) is 6.54 Å². The largest absolute Gasteiger partial charge is 0.386 e. The first-order chi connectivity index (χ1) is 9.27. The molecule has 1 aliphatic heterocycles. The summed E-state index contributed by atoms with van der Waals surface area (Å²) in [5, 5.41) is 10.7. The number of likely N-dealkylation sites (N-methyl/N-ethyl adjacent to an activating group) is 1. The van der Waals surface area contributed by atoms with Crippen molar-refractivity contribution in [1.29, 1.82) is 0 Å². The number of aliphatic hydroxyl groups excluding tert-OH is 1. The van der Waals surface area contributed by atoms with Crippen LogP contribution in [-0.4, -0.2) is 23.6 Å². The minimum Gasteiger partial charge on any atom is -0.386 e. The van der Waals surface area contributed by atoms with Crippen molar-refractivity contribution >= 4 is 0 Å². The Morgan fingerprint density at radius 3 is 2.53 bits per heavy atom. The van der Waals surface area contributed by atoms with Gasteiger partial charge in [0.15, 0.2) is 0 Å². The molecule has 98 valence electrons. The van der Waals surface area contributed by atoms with Crippen molar-refractivity contribution in [3.63, 3.8) is 0 Å². The highest BCUT2D eigenvalue weighted by atomic mass is 16.3. The van der Waals surface area contributed by atoms with Gasteiger partial charge in [0.1, 0.15) is 0 Å². The van der Waals surface area contributed by atoms with E-state index in [9.17, 15) is 5.11 Å². The van der Waals surface area contributed by atoms with E-state index in [4.69, 9.17) is 0 Å². The molecule has 2 atom stereocenters. The van der Waals surface area contributed by atoms with Crippen LogP contribution < -0.4 is 0 Å². The number of benzene rings is 2. The van der Waals surface area contributed by atoms with Crippen LogP contribution in [0, 0.1) is 0 Å². The first kappa shape index (κ1) is 12.4. The fraction of sp³-hybridized carbons (Fsp3) is 0.294. The van der Waals surface area contributed by atoms with E-state index in [2.05, 4.69) is 36.2 Å². The first-order valence-electron chi connectivity index (χ1n) is 6.78. The predicted octanol–water partition coefficient (Wildman–Crippen LogP) is 2.95. The van der Waals surface area contributed by atoms with E-state index in [1.54, 1.807) is 0 Å². The second-order valence-electron chi connectivity index (χ2n) is 5.23. The second-order valence-corrected chi connectivity index (χ2v) is 5.23. The topological polar surface area (TPSA) is 23.5 Å². The van der Waals surface area contributed by atoms with Crippen LogP contribution in [0.2, 0.25) is 0 Å². The minimum atomic E-state index is -0.479. The van der Waals surface area contributed by atoms with Gasteiger partial charge >= 0.3 is 0 Å². The summed E-state index contributed by atoms with van der Waals surface area (Å²) in [4.78, 5) is 2.25. The molecule has 0 fully saturated rings. The smallest absolute Gasteiger partial charge is 0.0986 e. The summed E-state index contributed by atoms with van der Waals surface area (Å²) in [6.07, 6.45) is 0.581. The van der Waals surface area contributed by atoms with Gasteiger partial charge in [-0.1, -0.05) is 54.6 Å². The van der Waals surface area contributed by atoms with Gasteiger partial charge in [0.2, 0.25) is 0 Å². The van der Waals surface area contributed by atoms with Crippen LogP contribution in [-0.2, 0) is 6.42 Å². The molecule has 0 bridgehead atoms. The van der Waals surface area contributed by atoms with Gasteiger partial charge in [-0.05, 0) is 30.2 Å². The quantitative estimate of drug-likeness (QED) is 0.889. The Morgan fingerprint density at radius 1 is 1.05 bits per heavy atom. The maximum absolute atomic E-state index is 10.7. The van der Waals surface area contributed by atoms with Crippen molar-refractivity contribution in [2.45, 2.75) is 18.6 Å². The highest BCUT2D eigenvalue weighted by Gasteiger charge is 2.31. The molecule has 2 aromatic carbocycles. The monoisotopic (exact) mass is 253 g/mol. The molecule has 2 nitrogen and oxygen atoms in total. The highest BCUT2D eigenvalue weighted by Crippen LogP contribution is 2.37. The molecule has 3 rings (SSSR count). The Hall–Kier alpha value is -1.64. The molecular weight excluding hydrogens is 234 g/mol. The van der Waals surface area contributed by atoms with E-state index in [1.165, 1.54) is 11.1 Å². The van der Waals surface area contributed by atoms with Gasteiger partial charge < -0.3 is 5.11 Å². The Balaban J connectivity index is 2.00. The Morgan fingerprint density at radius 2 is 1.74 bits per heavy atom. The van der Waals surface area contributed by atoms with E-state index in [0.29, 0.717) is 0 Å². The second kappa shape index (κ2) is 5.16. The van der Waals surface area contributed by atoms with Gasteiger partial charge in [0.25, 0.3) is 0 Å². The molecule has 0 saturated heterocycles. The third-order valence-corrected chi connectivity index (χ3v) is 4.02. The zero-order valence-electron chi connectivity index (χ0n) is 11.2. The zero-order chi connectivity index (χ0) is 13.2. The molecule has 0 aromatic heterocycles. The molecule has 0 radical (unpaired) electrons. The molecule has 0 spiro atoms.